The van der Waals surface area contributed by atoms with E-state index in [9.17, 15) is 4.79 Å². The Labute approximate surface area is 153 Å². The topological polar surface area (TPSA) is 64.4 Å². The summed E-state index contributed by atoms with van der Waals surface area (Å²) < 4.78 is 11.0. The van der Waals surface area contributed by atoms with Crippen molar-refractivity contribution in [3.63, 3.8) is 0 Å². The predicted molar refractivity (Wildman–Crippen MR) is 101 cm³/mol. The summed E-state index contributed by atoms with van der Waals surface area (Å²) in [6, 6.07) is 15.5. The molecular weight excluding hydrogens is 328 g/mol. The van der Waals surface area contributed by atoms with Crippen LogP contribution >= 0.6 is 0 Å². The third-order valence-electron chi connectivity index (χ3n) is 3.98. The zero-order chi connectivity index (χ0) is 18.7. The number of hydrogen-bond acceptors (Lipinski definition) is 4. The minimum Gasteiger partial charge on any atom is -0.481 e. The Bertz CT molecular complexity index is 893. The summed E-state index contributed by atoms with van der Waals surface area (Å²) in [5.74, 6) is 0.667. The van der Waals surface area contributed by atoms with Crippen LogP contribution in [0.15, 0.2) is 53.1 Å². The minimum atomic E-state index is -0.663. The van der Waals surface area contributed by atoms with Crippen molar-refractivity contribution < 1.29 is 14.1 Å². The van der Waals surface area contributed by atoms with Crippen molar-refractivity contribution in [3.8, 4) is 17.0 Å². The average molecular weight is 350 g/mol. The van der Waals surface area contributed by atoms with Crippen LogP contribution in [0, 0.1) is 20.8 Å². The second-order valence-corrected chi connectivity index (χ2v) is 6.52. The molecule has 134 valence electrons. The molecule has 1 atom stereocenters. The highest BCUT2D eigenvalue weighted by atomic mass is 16.5. The molecule has 1 N–H and O–H groups in total. The molecule has 1 heterocycles. The molecule has 0 aliphatic rings. The predicted octanol–water partition coefficient (Wildman–Crippen LogP) is 4.67. The van der Waals surface area contributed by atoms with Crippen LogP contribution in [0.4, 0.5) is 5.88 Å². The monoisotopic (exact) mass is 350 g/mol. The first-order chi connectivity index (χ1) is 12.4. The summed E-state index contributed by atoms with van der Waals surface area (Å²) in [4.78, 5) is 12.4. The number of anilines is 1. The van der Waals surface area contributed by atoms with Crippen molar-refractivity contribution in [3.05, 3.63) is 65.2 Å². The van der Waals surface area contributed by atoms with Crippen molar-refractivity contribution in [1.82, 2.24) is 5.16 Å². The maximum atomic E-state index is 12.4. The van der Waals surface area contributed by atoms with Gasteiger partial charge in [0.25, 0.3) is 5.91 Å². The number of nitrogens with one attached hydrogen (secondary N) is 1. The summed E-state index contributed by atoms with van der Waals surface area (Å²) in [6.45, 7) is 7.71. The molecule has 1 amide bonds. The lowest BCUT2D eigenvalue weighted by molar-refractivity contribution is -0.122. The van der Waals surface area contributed by atoms with Crippen LogP contribution in [0.25, 0.3) is 11.3 Å². The summed E-state index contributed by atoms with van der Waals surface area (Å²) in [5, 5.41) is 6.70. The van der Waals surface area contributed by atoms with Crippen LogP contribution < -0.4 is 10.1 Å². The van der Waals surface area contributed by atoms with Gasteiger partial charge >= 0.3 is 0 Å². The zero-order valence-corrected chi connectivity index (χ0v) is 15.4. The van der Waals surface area contributed by atoms with E-state index < -0.39 is 6.10 Å². The molecule has 3 rings (SSSR count). The third-order valence-corrected chi connectivity index (χ3v) is 3.98. The van der Waals surface area contributed by atoms with Crippen molar-refractivity contribution in [2.24, 2.45) is 0 Å². The molecule has 3 aromatic rings. The van der Waals surface area contributed by atoms with E-state index in [0.717, 1.165) is 16.7 Å². The standard InChI is InChI=1S/C21H22N2O3/c1-13-5-7-17(8-6-13)19-12-20(26-23-19)22-21(24)16(4)25-18-10-14(2)9-15(3)11-18/h5-12,16H,1-4H3,(H,22,24). The first kappa shape index (κ1) is 17.7. The van der Waals surface area contributed by atoms with Gasteiger partial charge in [-0.05, 0) is 51.0 Å². The molecule has 0 saturated carbocycles. The van der Waals surface area contributed by atoms with Gasteiger partial charge in [0.15, 0.2) is 6.10 Å². The lowest BCUT2D eigenvalue weighted by Gasteiger charge is -2.14. The number of carbonyl (C=O) groups excluding carboxylic acids is 1. The molecule has 26 heavy (non-hydrogen) atoms. The van der Waals surface area contributed by atoms with Crippen LogP contribution in [0.2, 0.25) is 0 Å². The number of benzene rings is 2. The van der Waals surface area contributed by atoms with E-state index in [2.05, 4.69) is 16.5 Å². The van der Waals surface area contributed by atoms with Gasteiger partial charge in [-0.2, -0.15) is 0 Å². The van der Waals surface area contributed by atoms with E-state index in [0.29, 0.717) is 17.3 Å². The van der Waals surface area contributed by atoms with Gasteiger partial charge in [-0.25, -0.2) is 0 Å². The van der Waals surface area contributed by atoms with E-state index in [-0.39, 0.29) is 5.91 Å². The highest BCUT2D eigenvalue weighted by Crippen LogP contribution is 2.23. The van der Waals surface area contributed by atoms with Gasteiger partial charge in [0.05, 0.1) is 0 Å². The second-order valence-electron chi connectivity index (χ2n) is 6.52. The van der Waals surface area contributed by atoms with Gasteiger partial charge in [0.2, 0.25) is 5.88 Å². The fourth-order valence-corrected chi connectivity index (χ4v) is 2.68. The number of hydrogen-bond donors (Lipinski definition) is 1. The second kappa shape index (κ2) is 7.44. The quantitative estimate of drug-likeness (QED) is 0.726. The van der Waals surface area contributed by atoms with Crippen molar-refractivity contribution in [1.29, 1.82) is 0 Å². The van der Waals surface area contributed by atoms with Crippen LogP contribution in [0.1, 0.15) is 23.6 Å². The summed E-state index contributed by atoms with van der Waals surface area (Å²) >= 11 is 0. The van der Waals surface area contributed by atoms with E-state index in [1.165, 1.54) is 5.56 Å². The Morgan fingerprint density at radius 2 is 1.65 bits per heavy atom. The highest BCUT2D eigenvalue weighted by Gasteiger charge is 2.17. The Kier molecular flexibility index (Phi) is 5.07. The van der Waals surface area contributed by atoms with E-state index >= 15 is 0 Å². The van der Waals surface area contributed by atoms with E-state index in [1.54, 1.807) is 13.0 Å². The number of ether oxygens (including phenoxy) is 1. The van der Waals surface area contributed by atoms with Crippen LogP contribution in [0.3, 0.4) is 0 Å². The number of carbonyl (C=O) groups is 1. The lowest BCUT2D eigenvalue weighted by atomic mass is 10.1. The van der Waals surface area contributed by atoms with Crippen molar-refractivity contribution in [2.45, 2.75) is 33.8 Å². The highest BCUT2D eigenvalue weighted by molar-refractivity contribution is 5.93. The number of amides is 1. The van der Waals surface area contributed by atoms with Crippen LogP contribution in [-0.2, 0) is 4.79 Å². The summed E-state index contributed by atoms with van der Waals surface area (Å²) in [6.07, 6.45) is -0.663. The van der Waals surface area contributed by atoms with Gasteiger partial charge in [0.1, 0.15) is 11.4 Å². The molecule has 0 spiro atoms. The molecule has 0 fully saturated rings. The lowest BCUT2D eigenvalue weighted by Crippen LogP contribution is -2.30. The zero-order valence-electron chi connectivity index (χ0n) is 15.4. The SMILES string of the molecule is Cc1ccc(-c2cc(NC(=O)C(C)Oc3cc(C)cc(C)c3)on2)cc1. The molecule has 0 aliphatic carbocycles. The molecule has 0 saturated heterocycles. The third kappa shape index (κ3) is 4.30. The van der Waals surface area contributed by atoms with E-state index in [4.69, 9.17) is 9.26 Å². The molecule has 0 radical (unpaired) electrons. The molecule has 2 aromatic carbocycles. The fourth-order valence-electron chi connectivity index (χ4n) is 2.68. The van der Waals surface area contributed by atoms with E-state index in [1.807, 2.05) is 57.2 Å². The number of nitrogens with zero attached hydrogens (tertiary/aromatic N) is 1. The Balaban J connectivity index is 1.65. The normalized spacial score (nSPS) is 11.8. The fraction of sp³-hybridized carbons (Fsp3) is 0.238. The van der Waals surface area contributed by atoms with Gasteiger partial charge in [-0.15, -0.1) is 0 Å². The molecule has 0 bridgehead atoms. The Hall–Kier alpha value is -3.08. The number of aromatic nitrogens is 1. The molecule has 0 aliphatic heterocycles. The first-order valence-electron chi connectivity index (χ1n) is 8.50. The first-order valence-corrected chi connectivity index (χ1v) is 8.50. The van der Waals surface area contributed by atoms with Gasteiger partial charge < -0.3 is 9.26 Å². The molecule has 5 nitrogen and oxygen atoms in total. The Morgan fingerprint density at radius 1 is 1.00 bits per heavy atom. The Morgan fingerprint density at radius 3 is 2.31 bits per heavy atom. The van der Waals surface area contributed by atoms with Gasteiger partial charge in [-0.3, -0.25) is 10.1 Å². The van der Waals surface area contributed by atoms with Crippen LogP contribution in [-0.4, -0.2) is 17.2 Å². The van der Waals surface area contributed by atoms with Crippen LogP contribution in [0.5, 0.6) is 5.75 Å². The molecule has 5 heteroatoms. The number of rotatable bonds is 5. The molecular formula is C21H22N2O3. The smallest absolute Gasteiger partial charge is 0.267 e. The molecule has 1 unspecified atom stereocenters. The maximum absolute atomic E-state index is 12.4. The summed E-state index contributed by atoms with van der Waals surface area (Å²) in [5.41, 5.74) is 4.95. The average Bonchev–Trinajstić information content (AvgIpc) is 3.03. The van der Waals surface area contributed by atoms with Crippen molar-refractivity contribution >= 4 is 11.8 Å². The van der Waals surface area contributed by atoms with Gasteiger partial charge in [0, 0.05) is 11.6 Å². The van der Waals surface area contributed by atoms with Gasteiger partial charge in [-0.1, -0.05) is 41.1 Å². The largest absolute Gasteiger partial charge is 0.481 e. The maximum Gasteiger partial charge on any atom is 0.267 e. The number of aryl methyl sites for hydroxylation is 3. The minimum absolute atomic E-state index is 0.293. The summed E-state index contributed by atoms with van der Waals surface area (Å²) in [7, 11) is 0. The van der Waals surface area contributed by atoms with Crippen molar-refractivity contribution in [2.75, 3.05) is 5.32 Å². The molecule has 1 aromatic heterocycles.